The van der Waals surface area contributed by atoms with Gasteiger partial charge in [0.25, 0.3) is 0 Å². The van der Waals surface area contributed by atoms with Crippen molar-refractivity contribution in [3.05, 3.63) is 144 Å². The Bertz CT molecular complexity index is 2320. The quantitative estimate of drug-likeness (QED) is 0.0956. The molecule has 8 N–H and O–H groups in total. The molecule has 4 aromatic rings. The molecule has 6 atom stereocenters. The lowest BCUT2D eigenvalue weighted by Crippen LogP contribution is -2.46. The van der Waals surface area contributed by atoms with E-state index in [1.165, 1.54) is 0 Å². The summed E-state index contributed by atoms with van der Waals surface area (Å²) in [5.41, 5.74) is 8.26. The van der Waals surface area contributed by atoms with E-state index in [1.807, 2.05) is 163 Å². The van der Waals surface area contributed by atoms with Gasteiger partial charge in [-0.15, -0.1) is 0 Å². The molecule has 2 aliphatic carbocycles. The van der Waals surface area contributed by atoms with Crippen LogP contribution in [0.4, 0.5) is 4.79 Å². The fourth-order valence-electron chi connectivity index (χ4n) is 8.11. The molecule has 0 spiro atoms. The summed E-state index contributed by atoms with van der Waals surface area (Å²) in [5.74, 6) is -0.440. The van der Waals surface area contributed by atoms with Crippen LogP contribution in [0.3, 0.4) is 0 Å². The number of carbonyl (C=O) groups excluding carboxylic acids is 5. The number of hydrogen-bond donors (Lipinski definition) is 7. The number of benzene rings is 4. The van der Waals surface area contributed by atoms with Gasteiger partial charge < -0.3 is 42.2 Å². The van der Waals surface area contributed by atoms with E-state index in [9.17, 15) is 28.8 Å². The Hall–Kier alpha value is -6.54. The zero-order valence-electron chi connectivity index (χ0n) is 38.6. The van der Waals surface area contributed by atoms with Crippen LogP contribution in [0.2, 0.25) is 0 Å². The van der Waals surface area contributed by atoms with Crippen molar-refractivity contribution < 1.29 is 38.6 Å². The van der Waals surface area contributed by atoms with Crippen LogP contribution in [-0.4, -0.2) is 58.9 Å². The van der Waals surface area contributed by atoms with Crippen molar-refractivity contribution in [3.63, 3.8) is 0 Å². The monoisotopic (exact) mass is 900 g/mol. The number of carbonyl (C=O) groups is 6. The molecular formula is C52H64N6O8. The fraction of sp³-hybridized carbons (Fsp3) is 0.423. The first-order chi connectivity index (χ1) is 31.3. The Kier molecular flexibility index (Phi) is 15.4. The lowest BCUT2D eigenvalue weighted by Gasteiger charge is -2.28. The molecule has 350 valence electrons. The summed E-state index contributed by atoms with van der Waals surface area (Å²) in [4.78, 5) is 70.4. The molecule has 66 heavy (non-hydrogen) atoms. The second-order valence-corrected chi connectivity index (χ2v) is 19.3. The lowest BCUT2D eigenvalue weighted by atomic mass is 9.82. The zero-order chi connectivity index (χ0) is 47.8. The standard InChI is InChI=1S/C20H22N2O3.C16H20N2O2.C12H16N2O.C4H6O2/c1-20(2)17(16(21-18(20)23)15-11-7-4-8-12-15)22-19(24)25-13-14-9-5-3-6-10-14;1-16(2)13(18-14(19)11-8-9-11)12(17-15(16)20)10-6-4-3-5-7-10;1-12(2)10(13)9(14-11(12)15)8-6-4-3-5-7-8;5-4(6)3-1-2-3/h3-12,16-17H,13H2,1-2H3,(H,21,23)(H,22,24);3-7,11-13H,8-9H2,1-2H3,(H,17,20)(H,18,19);3-7,9-10H,13H2,1-2H3,(H,14,15);3H,1-2H2,(H,5,6)/t16-,17-;12-,13-;9-,10-;/m111./s1. The van der Waals surface area contributed by atoms with Gasteiger partial charge in [0, 0.05) is 12.0 Å². The molecule has 0 unspecified atom stereocenters. The van der Waals surface area contributed by atoms with E-state index in [-0.39, 0.29) is 72.3 Å². The van der Waals surface area contributed by atoms with Crippen molar-refractivity contribution in [3.8, 4) is 0 Å². The highest BCUT2D eigenvalue weighted by molar-refractivity contribution is 5.89. The minimum Gasteiger partial charge on any atom is -0.481 e. The molecule has 3 heterocycles. The van der Waals surface area contributed by atoms with Gasteiger partial charge in [0.15, 0.2) is 0 Å². The summed E-state index contributed by atoms with van der Waals surface area (Å²) in [6.07, 6.45) is 3.21. The molecule has 0 aromatic heterocycles. The Morgan fingerprint density at radius 2 is 0.924 bits per heavy atom. The van der Waals surface area contributed by atoms with Crippen molar-refractivity contribution in [2.24, 2.45) is 33.8 Å². The number of amides is 5. The van der Waals surface area contributed by atoms with E-state index in [0.717, 1.165) is 47.9 Å². The normalized spacial score (nSPS) is 25.0. The third-order valence-corrected chi connectivity index (χ3v) is 13.2. The zero-order valence-corrected chi connectivity index (χ0v) is 38.6. The van der Waals surface area contributed by atoms with Crippen LogP contribution in [0.1, 0.15) is 108 Å². The van der Waals surface area contributed by atoms with Gasteiger partial charge in [0.1, 0.15) is 6.61 Å². The van der Waals surface area contributed by atoms with Gasteiger partial charge in [-0.1, -0.05) is 121 Å². The summed E-state index contributed by atoms with van der Waals surface area (Å²) in [5, 5.41) is 23.0. The molecular weight excluding hydrogens is 837 g/mol. The number of hydrogen-bond acceptors (Lipinski definition) is 8. The van der Waals surface area contributed by atoms with E-state index in [0.29, 0.717) is 0 Å². The van der Waals surface area contributed by atoms with Gasteiger partial charge in [-0.2, -0.15) is 0 Å². The maximum atomic E-state index is 12.3. The predicted molar refractivity (Wildman–Crippen MR) is 250 cm³/mol. The summed E-state index contributed by atoms with van der Waals surface area (Å²) in [6.45, 7) is 11.4. The molecule has 9 rings (SSSR count). The van der Waals surface area contributed by atoms with Crippen molar-refractivity contribution in [2.45, 2.75) is 110 Å². The number of alkyl carbamates (subject to hydrolysis) is 1. The molecule has 0 bridgehead atoms. The number of nitrogens with two attached hydrogens (primary N) is 1. The van der Waals surface area contributed by atoms with Gasteiger partial charge in [0.05, 0.1) is 52.4 Å². The molecule has 14 heteroatoms. The number of carboxylic acids is 1. The van der Waals surface area contributed by atoms with Crippen LogP contribution in [0.25, 0.3) is 0 Å². The molecule has 5 amide bonds. The van der Waals surface area contributed by atoms with Crippen LogP contribution in [0.15, 0.2) is 121 Å². The van der Waals surface area contributed by atoms with Crippen LogP contribution < -0.4 is 32.3 Å². The summed E-state index contributed by atoms with van der Waals surface area (Å²) < 4.78 is 5.31. The van der Waals surface area contributed by atoms with Gasteiger partial charge in [0.2, 0.25) is 23.6 Å². The SMILES string of the molecule is CC1(C)C(=O)N[C@H](c2ccccc2)[C@H]1N.CC1(C)C(=O)N[C@H](c2ccccc2)[C@H]1NC(=O)C1CC1.CC1(C)C(=O)N[C@H](c2ccccc2)[C@H]1NC(=O)OCc1ccccc1.O=C(O)C1CC1. The highest BCUT2D eigenvalue weighted by atomic mass is 16.5. The van der Waals surface area contributed by atoms with E-state index in [2.05, 4.69) is 26.6 Å². The maximum Gasteiger partial charge on any atom is 0.407 e. The second kappa shape index (κ2) is 20.7. The van der Waals surface area contributed by atoms with Crippen LogP contribution in [0, 0.1) is 28.1 Å². The number of ether oxygens (including phenoxy) is 1. The molecule has 3 aliphatic heterocycles. The minimum atomic E-state index is -0.730. The molecule has 0 radical (unpaired) electrons. The van der Waals surface area contributed by atoms with Crippen LogP contribution in [0.5, 0.6) is 0 Å². The van der Waals surface area contributed by atoms with Crippen molar-refractivity contribution >= 4 is 35.7 Å². The third kappa shape index (κ3) is 11.8. The van der Waals surface area contributed by atoms with Gasteiger partial charge in [-0.3, -0.25) is 24.0 Å². The number of carboxylic acid groups (broad SMARTS) is 1. The summed E-state index contributed by atoms with van der Waals surface area (Å²) >= 11 is 0. The van der Waals surface area contributed by atoms with Crippen LogP contribution >= 0.6 is 0 Å². The van der Waals surface area contributed by atoms with Gasteiger partial charge >= 0.3 is 12.1 Å². The smallest absolute Gasteiger partial charge is 0.407 e. The van der Waals surface area contributed by atoms with E-state index in [1.54, 1.807) is 0 Å². The molecule has 2 saturated carbocycles. The number of nitrogens with one attached hydrogen (secondary N) is 5. The lowest BCUT2D eigenvalue weighted by molar-refractivity contribution is -0.138. The molecule has 4 aromatic carbocycles. The maximum absolute atomic E-state index is 12.3. The molecule has 14 nitrogen and oxygen atoms in total. The molecule has 5 fully saturated rings. The van der Waals surface area contributed by atoms with E-state index < -0.39 is 34.3 Å². The predicted octanol–water partition coefficient (Wildman–Crippen LogP) is 6.65. The Morgan fingerprint density at radius 3 is 1.29 bits per heavy atom. The van der Waals surface area contributed by atoms with Gasteiger partial charge in [-0.05, 0) is 89.5 Å². The van der Waals surface area contributed by atoms with Crippen molar-refractivity contribution in [1.29, 1.82) is 0 Å². The Labute approximate surface area is 387 Å². The fourth-order valence-corrected chi connectivity index (χ4v) is 8.11. The highest BCUT2D eigenvalue weighted by Crippen LogP contribution is 2.40. The first-order valence-electron chi connectivity index (χ1n) is 22.7. The second-order valence-electron chi connectivity index (χ2n) is 19.3. The summed E-state index contributed by atoms with van der Waals surface area (Å²) in [6, 6.07) is 37.5. The van der Waals surface area contributed by atoms with E-state index >= 15 is 0 Å². The topological polar surface area (TPSA) is 218 Å². The van der Waals surface area contributed by atoms with E-state index in [4.69, 9.17) is 15.6 Å². The highest BCUT2D eigenvalue weighted by Gasteiger charge is 2.52. The Balaban J connectivity index is 0.000000157. The Morgan fingerprint density at radius 1 is 0.561 bits per heavy atom. The minimum absolute atomic E-state index is 0.00699. The van der Waals surface area contributed by atoms with Crippen molar-refractivity contribution in [1.82, 2.24) is 26.6 Å². The molecule has 5 aliphatic rings. The summed E-state index contributed by atoms with van der Waals surface area (Å²) in [7, 11) is 0. The first kappa shape index (κ1) is 48.9. The van der Waals surface area contributed by atoms with Crippen LogP contribution in [-0.2, 0) is 35.3 Å². The average Bonchev–Trinajstić information content (AvgIpc) is 4.25. The first-order valence-corrected chi connectivity index (χ1v) is 22.7. The number of aliphatic carboxylic acids is 1. The van der Waals surface area contributed by atoms with Gasteiger partial charge in [-0.25, -0.2) is 4.79 Å². The third-order valence-electron chi connectivity index (χ3n) is 13.2. The van der Waals surface area contributed by atoms with Crippen molar-refractivity contribution in [2.75, 3.05) is 0 Å². The molecule has 3 saturated heterocycles. The average molecular weight is 901 g/mol. The largest absolute Gasteiger partial charge is 0.481 e. The number of rotatable bonds is 9.